The second kappa shape index (κ2) is 5.61. The Balaban J connectivity index is 2.29. The lowest BCUT2D eigenvalue weighted by Crippen LogP contribution is -2.55. The van der Waals surface area contributed by atoms with Crippen molar-refractivity contribution in [1.29, 1.82) is 0 Å². The molecule has 1 amide bonds. The van der Waals surface area contributed by atoms with Crippen molar-refractivity contribution in [3.05, 3.63) is 48.0 Å². The zero-order chi connectivity index (χ0) is 16.5. The Morgan fingerprint density at radius 1 is 1.14 bits per heavy atom. The maximum Gasteiger partial charge on any atom is 0.426 e. The molecule has 0 aliphatic carbocycles. The molecule has 0 radical (unpaired) electrons. The van der Waals surface area contributed by atoms with Crippen molar-refractivity contribution in [3.63, 3.8) is 0 Å². The highest BCUT2D eigenvalue weighted by molar-refractivity contribution is 5.88. The van der Waals surface area contributed by atoms with Gasteiger partial charge >= 0.3 is 6.18 Å². The van der Waals surface area contributed by atoms with E-state index in [1.807, 2.05) is 30.3 Å². The van der Waals surface area contributed by atoms with Crippen molar-refractivity contribution in [2.45, 2.75) is 31.7 Å². The standard InChI is InChI=1S/C16H16F3NO2/c1-10(20-14(21)15(2,22)16(17,18)19)12-9-5-7-11-6-3-4-8-13(11)12/h3-10,22H,1-2H3,(H,20,21)/t10-,15+/m0/s1. The predicted molar refractivity (Wildman–Crippen MR) is 77.2 cm³/mol. The van der Waals surface area contributed by atoms with Gasteiger partial charge in [0, 0.05) is 0 Å². The van der Waals surface area contributed by atoms with Crippen LogP contribution >= 0.6 is 0 Å². The molecule has 2 aromatic rings. The van der Waals surface area contributed by atoms with Crippen molar-refractivity contribution in [1.82, 2.24) is 5.32 Å². The number of carbonyl (C=O) groups is 1. The third kappa shape index (κ3) is 2.92. The fourth-order valence-electron chi connectivity index (χ4n) is 2.17. The number of hydrogen-bond donors (Lipinski definition) is 2. The summed E-state index contributed by atoms with van der Waals surface area (Å²) in [7, 11) is 0. The van der Waals surface area contributed by atoms with Gasteiger partial charge in [-0.1, -0.05) is 42.5 Å². The molecule has 2 rings (SSSR count). The molecule has 118 valence electrons. The van der Waals surface area contributed by atoms with Crippen LogP contribution in [0.1, 0.15) is 25.5 Å². The van der Waals surface area contributed by atoms with E-state index in [-0.39, 0.29) is 0 Å². The molecule has 22 heavy (non-hydrogen) atoms. The van der Waals surface area contributed by atoms with E-state index in [4.69, 9.17) is 0 Å². The van der Waals surface area contributed by atoms with E-state index in [0.29, 0.717) is 12.5 Å². The lowest BCUT2D eigenvalue weighted by Gasteiger charge is -2.27. The second-order valence-electron chi connectivity index (χ2n) is 5.33. The average Bonchev–Trinajstić information content (AvgIpc) is 2.45. The Kier molecular flexibility index (Phi) is 4.15. The zero-order valence-corrected chi connectivity index (χ0v) is 12.1. The number of nitrogens with one attached hydrogen (secondary N) is 1. The van der Waals surface area contributed by atoms with Crippen LogP contribution in [0.4, 0.5) is 13.2 Å². The van der Waals surface area contributed by atoms with Crippen molar-refractivity contribution < 1.29 is 23.1 Å². The molecule has 0 bridgehead atoms. The van der Waals surface area contributed by atoms with Crippen LogP contribution < -0.4 is 5.32 Å². The van der Waals surface area contributed by atoms with Crippen LogP contribution in [-0.2, 0) is 4.79 Å². The van der Waals surface area contributed by atoms with E-state index < -0.39 is 23.7 Å². The van der Waals surface area contributed by atoms with Crippen LogP contribution in [0, 0.1) is 0 Å². The molecular weight excluding hydrogens is 295 g/mol. The SMILES string of the molecule is C[C@H](NC(=O)[C@@](C)(O)C(F)(F)F)c1cccc2ccccc12. The molecule has 0 spiro atoms. The highest BCUT2D eigenvalue weighted by Crippen LogP contribution is 2.31. The Morgan fingerprint density at radius 3 is 2.36 bits per heavy atom. The molecular formula is C16H16F3NO2. The van der Waals surface area contributed by atoms with Crippen molar-refractivity contribution in [2.24, 2.45) is 0 Å². The minimum absolute atomic E-state index is 0.443. The van der Waals surface area contributed by atoms with Crippen molar-refractivity contribution in [3.8, 4) is 0 Å². The van der Waals surface area contributed by atoms with Gasteiger partial charge in [-0.15, -0.1) is 0 Å². The molecule has 0 saturated heterocycles. The maximum absolute atomic E-state index is 12.7. The Labute approximate surface area is 125 Å². The number of fused-ring (bicyclic) bond motifs is 1. The molecule has 0 aromatic heterocycles. The number of amides is 1. The summed E-state index contributed by atoms with van der Waals surface area (Å²) in [6.07, 6.45) is -5.03. The molecule has 0 aliphatic heterocycles. The van der Waals surface area contributed by atoms with Gasteiger partial charge in [-0.25, -0.2) is 0 Å². The molecule has 2 atom stereocenters. The first kappa shape index (κ1) is 16.3. The van der Waals surface area contributed by atoms with Gasteiger partial charge in [0.25, 0.3) is 5.91 Å². The van der Waals surface area contributed by atoms with Gasteiger partial charge in [0.2, 0.25) is 5.60 Å². The summed E-state index contributed by atoms with van der Waals surface area (Å²) in [6, 6.07) is 12.1. The molecule has 6 heteroatoms. The number of halogens is 3. The van der Waals surface area contributed by atoms with Gasteiger partial charge in [-0.2, -0.15) is 13.2 Å². The van der Waals surface area contributed by atoms with Crippen LogP contribution in [0.5, 0.6) is 0 Å². The lowest BCUT2D eigenvalue weighted by atomic mass is 9.98. The maximum atomic E-state index is 12.7. The number of alkyl halides is 3. The van der Waals surface area contributed by atoms with E-state index in [0.717, 1.165) is 10.8 Å². The third-order valence-electron chi connectivity index (χ3n) is 3.63. The summed E-state index contributed by atoms with van der Waals surface area (Å²) >= 11 is 0. The lowest BCUT2D eigenvalue weighted by molar-refractivity contribution is -0.245. The van der Waals surface area contributed by atoms with Crippen LogP contribution in [0.25, 0.3) is 10.8 Å². The first-order valence-corrected chi connectivity index (χ1v) is 6.72. The normalized spacial score (nSPS) is 16.1. The summed E-state index contributed by atoms with van der Waals surface area (Å²) in [4.78, 5) is 11.8. The third-order valence-corrected chi connectivity index (χ3v) is 3.63. The largest absolute Gasteiger partial charge is 0.426 e. The molecule has 0 fully saturated rings. The minimum atomic E-state index is -5.03. The van der Waals surface area contributed by atoms with Gasteiger partial charge in [-0.05, 0) is 30.2 Å². The average molecular weight is 311 g/mol. The second-order valence-corrected chi connectivity index (χ2v) is 5.33. The molecule has 2 aromatic carbocycles. The number of hydrogen-bond acceptors (Lipinski definition) is 2. The highest BCUT2D eigenvalue weighted by atomic mass is 19.4. The van der Waals surface area contributed by atoms with Gasteiger partial charge in [0.05, 0.1) is 6.04 Å². The highest BCUT2D eigenvalue weighted by Gasteiger charge is 2.55. The molecule has 0 heterocycles. The van der Waals surface area contributed by atoms with E-state index >= 15 is 0 Å². The summed E-state index contributed by atoms with van der Waals surface area (Å²) in [6.45, 7) is 2.02. The molecule has 0 unspecified atom stereocenters. The van der Waals surface area contributed by atoms with Crippen LogP contribution in [0.2, 0.25) is 0 Å². The number of benzene rings is 2. The molecule has 0 saturated carbocycles. The monoisotopic (exact) mass is 311 g/mol. The van der Waals surface area contributed by atoms with Crippen LogP contribution in [-0.4, -0.2) is 22.8 Å². The molecule has 0 aliphatic rings. The van der Waals surface area contributed by atoms with Gasteiger partial charge in [0.1, 0.15) is 0 Å². The number of rotatable bonds is 3. The minimum Gasteiger partial charge on any atom is -0.373 e. The Morgan fingerprint density at radius 2 is 1.73 bits per heavy atom. The van der Waals surface area contributed by atoms with Gasteiger partial charge < -0.3 is 10.4 Å². The van der Waals surface area contributed by atoms with E-state index in [1.165, 1.54) is 0 Å². The van der Waals surface area contributed by atoms with Crippen molar-refractivity contribution >= 4 is 16.7 Å². The first-order chi connectivity index (χ1) is 10.1. The van der Waals surface area contributed by atoms with Crippen molar-refractivity contribution in [2.75, 3.05) is 0 Å². The summed E-state index contributed by atoms with van der Waals surface area (Å²) in [5.74, 6) is -1.47. The fraction of sp³-hybridized carbons (Fsp3) is 0.312. The molecule has 2 N–H and O–H groups in total. The summed E-state index contributed by atoms with van der Waals surface area (Å²) < 4.78 is 38.0. The first-order valence-electron chi connectivity index (χ1n) is 6.72. The quantitative estimate of drug-likeness (QED) is 0.913. The van der Waals surface area contributed by atoms with E-state index in [2.05, 4.69) is 5.32 Å². The number of aliphatic hydroxyl groups is 1. The smallest absolute Gasteiger partial charge is 0.373 e. The van der Waals surface area contributed by atoms with Crippen LogP contribution in [0.3, 0.4) is 0 Å². The fourth-order valence-corrected chi connectivity index (χ4v) is 2.17. The van der Waals surface area contributed by atoms with E-state index in [9.17, 15) is 23.1 Å². The Bertz CT molecular complexity index is 690. The Hall–Kier alpha value is -2.08. The van der Waals surface area contributed by atoms with Gasteiger partial charge in [-0.3, -0.25) is 4.79 Å². The van der Waals surface area contributed by atoms with E-state index in [1.54, 1.807) is 19.1 Å². The van der Waals surface area contributed by atoms with Gasteiger partial charge in [0.15, 0.2) is 0 Å². The topological polar surface area (TPSA) is 49.3 Å². The molecule has 3 nitrogen and oxygen atoms in total. The zero-order valence-electron chi connectivity index (χ0n) is 12.1. The summed E-state index contributed by atoms with van der Waals surface area (Å²) in [5.41, 5.74) is -2.74. The number of carbonyl (C=O) groups excluding carboxylic acids is 1. The predicted octanol–water partition coefficient (Wildman–Crippen LogP) is 3.33. The van der Waals surface area contributed by atoms with Crippen LogP contribution in [0.15, 0.2) is 42.5 Å². The summed E-state index contributed by atoms with van der Waals surface area (Å²) in [5, 5.41) is 13.4.